The normalized spacial score (nSPS) is 13.3. The van der Waals surface area contributed by atoms with Crippen molar-refractivity contribution < 1.29 is 4.42 Å². The van der Waals surface area contributed by atoms with Crippen LogP contribution in [0, 0.1) is 0 Å². The first-order valence-electron chi connectivity index (χ1n) is 4.93. The molecule has 2 heteroatoms. The predicted octanol–water partition coefficient (Wildman–Crippen LogP) is 2.58. The lowest BCUT2D eigenvalue weighted by Crippen LogP contribution is -2.23. The first-order chi connectivity index (χ1) is 6.79. The monoisotopic (exact) mass is 189 g/mol. The van der Waals surface area contributed by atoms with Crippen LogP contribution in [0.5, 0.6) is 0 Å². The predicted molar refractivity (Wildman–Crippen MR) is 58.4 cm³/mol. The van der Waals surface area contributed by atoms with Crippen molar-refractivity contribution in [3.63, 3.8) is 0 Å². The number of hydrogen-bond acceptors (Lipinski definition) is 2. The Kier molecular flexibility index (Phi) is 2.55. The first-order valence-corrected chi connectivity index (χ1v) is 4.93. The van der Waals surface area contributed by atoms with Crippen LogP contribution in [0.2, 0.25) is 0 Å². The highest BCUT2D eigenvalue weighted by Crippen LogP contribution is 2.17. The van der Waals surface area contributed by atoms with E-state index in [4.69, 9.17) is 4.42 Å². The van der Waals surface area contributed by atoms with E-state index in [-0.39, 0.29) is 0 Å². The number of likely N-dealkylation sites (N-methyl/N-ethyl adjacent to an activating group) is 1. The summed E-state index contributed by atoms with van der Waals surface area (Å²) in [6, 6.07) is 8.87. The minimum Gasteiger partial charge on any atom is -0.464 e. The summed E-state index contributed by atoms with van der Waals surface area (Å²) >= 11 is 0. The Bertz CT molecular complexity index is 419. The number of fused-ring (bicyclic) bond motifs is 1. The van der Waals surface area contributed by atoms with Crippen LogP contribution in [-0.2, 0) is 6.42 Å². The van der Waals surface area contributed by atoms with Gasteiger partial charge in [0.25, 0.3) is 0 Å². The Morgan fingerprint density at radius 1 is 1.36 bits per heavy atom. The van der Waals surface area contributed by atoms with E-state index >= 15 is 0 Å². The van der Waals surface area contributed by atoms with Gasteiger partial charge in [0.15, 0.2) is 0 Å². The summed E-state index contributed by atoms with van der Waals surface area (Å²) in [7, 11) is 1.98. The molecule has 1 N–H and O–H groups in total. The molecule has 0 aliphatic heterocycles. The van der Waals surface area contributed by atoms with Crippen LogP contribution in [-0.4, -0.2) is 13.1 Å². The minimum atomic E-state index is 0.502. The lowest BCUT2D eigenvalue weighted by molar-refractivity contribution is 0.602. The Morgan fingerprint density at radius 2 is 2.21 bits per heavy atom. The average Bonchev–Trinajstić information content (AvgIpc) is 2.64. The van der Waals surface area contributed by atoms with Crippen LogP contribution < -0.4 is 5.32 Å². The lowest BCUT2D eigenvalue weighted by atomic mass is 10.1. The highest BCUT2D eigenvalue weighted by molar-refractivity contribution is 5.77. The van der Waals surface area contributed by atoms with Gasteiger partial charge in [-0.2, -0.15) is 0 Å². The zero-order chi connectivity index (χ0) is 9.97. The van der Waals surface area contributed by atoms with Crippen molar-refractivity contribution >= 4 is 11.0 Å². The maximum atomic E-state index is 5.35. The molecule has 2 aromatic rings. The Labute approximate surface area is 83.9 Å². The van der Waals surface area contributed by atoms with Crippen molar-refractivity contribution in [2.45, 2.75) is 19.4 Å². The number of furan rings is 1. The summed E-state index contributed by atoms with van der Waals surface area (Å²) in [6.45, 7) is 2.17. The Morgan fingerprint density at radius 3 is 3.00 bits per heavy atom. The van der Waals surface area contributed by atoms with Crippen LogP contribution in [0.1, 0.15) is 12.5 Å². The smallest absolute Gasteiger partial charge is 0.134 e. The van der Waals surface area contributed by atoms with Crippen LogP contribution in [0.25, 0.3) is 11.0 Å². The molecule has 0 unspecified atom stereocenters. The maximum Gasteiger partial charge on any atom is 0.134 e. The Balaban J connectivity index is 2.25. The van der Waals surface area contributed by atoms with Crippen LogP contribution in [0.3, 0.4) is 0 Å². The van der Waals surface area contributed by atoms with Crippen molar-refractivity contribution in [2.75, 3.05) is 7.05 Å². The number of benzene rings is 1. The van der Waals surface area contributed by atoms with Gasteiger partial charge in [0.05, 0.1) is 6.26 Å². The first kappa shape index (κ1) is 9.28. The van der Waals surface area contributed by atoms with Crippen molar-refractivity contribution in [1.82, 2.24) is 5.32 Å². The largest absolute Gasteiger partial charge is 0.464 e. The molecule has 0 saturated carbocycles. The molecule has 2 nitrogen and oxygen atoms in total. The van der Waals surface area contributed by atoms with Gasteiger partial charge in [-0.3, -0.25) is 0 Å². The minimum absolute atomic E-state index is 0.502. The second kappa shape index (κ2) is 3.84. The summed E-state index contributed by atoms with van der Waals surface area (Å²) in [4.78, 5) is 0. The number of nitrogens with one attached hydrogen (secondary N) is 1. The van der Waals surface area contributed by atoms with Gasteiger partial charge >= 0.3 is 0 Å². The molecule has 74 valence electrons. The molecule has 0 fully saturated rings. The third-order valence-electron chi connectivity index (χ3n) is 2.56. The van der Waals surface area contributed by atoms with E-state index in [1.165, 1.54) is 10.9 Å². The maximum absolute atomic E-state index is 5.35. The molecule has 1 heterocycles. The van der Waals surface area contributed by atoms with E-state index in [0.29, 0.717) is 6.04 Å². The zero-order valence-corrected chi connectivity index (χ0v) is 8.58. The molecule has 14 heavy (non-hydrogen) atoms. The van der Waals surface area contributed by atoms with E-state index in [0.717, 1.165) is 12.0 Å². The highest BCUT2D eigenvalue weighted by atomic mass is 16.3. The summed E-state index contributed by atoms with van der Waals surface area (Å²) in [5.41, 5.74) is 2.29. The lowest BCUT2D eigenvalue weighted by Gasteiger charge is -2.09. The highest BCUT2D eigenvalue weighted by Gasteiger charge is 2.02. The summed E-state index contributed by atoms with van der Waals surface area (Å²) in [6.07, 6.45) is 2.77. The van der Waals surface area contributed by atoms with Gasteiger partial charge in [-0.25, -0.2) is 0 Å². The van der Waals surface area contributed by atoms with Crippen LogP contribution in [0.15, 0.2) is 34.9 Å². The molecule has 0 saturated heterocycles. The third kappa shape index (κ3) is 1.80. The molecular weight excluding hydrogens is 174 g/mol. The third-order valence-corrected chi connectivity index (χ3v) is 2.56. The fraction of sp³-hybridized carbons (Fsp3) is 0.333. The van der Waals surface area contributed by atoms with Gasteiger partial charge in [0.2, 0.25) is 0 Å². The second-order valence-corrected chi connectivity index (χ2v) is 3.69. The quantitative estimate of drug-likeness (QED) is 0.802. The molecule has 0 aliphatic carbocycles. The summed E-state index contributed by atoms with van der Waals surface area (Å²) in [5, 5.41) is 4.40. The van der Waals surface area contributed by atoms with Gasteiger partial charge in [0, 0.05) is 11.4 Å². The number of rotatable bonds is 3. The standard InChI is InChI=1S/C12H15NO/c1-9(13-2)7-10-3-4-11-5-6-14-12(11)8-10/h3-6,8-9,13H,7H2,1-2H3/t9-/m0/s1. The Hall–Kier alpha value is -1.28. The summed E-state index contributed by atoms with van der Waals surface area (Å²) in [5.74, 6) is 0. The topological polar surface area (TPSA) is 25.2 Å². The van der Waals surface area contributed by atoms with Crippen molar-refractivity contribution in [2.24, 2.45) is 0 Å². The van der Waals surface area contributed by atoms with E-state index in [2.05, 4.69) is 30.4 Å². The van der Waals surface area contributed by atoms with Gasteiger partial charge in [-0.05, 0) is 38.1 Å². The fourth-order valence-electron chi connectivity index (χ4n) is 1.58. The van der Waals surface area contributed by atoms with Gasteiger partial charge in [0.1, 0.15) is 5.58 Å². The molecule has 1 aromatic heterocycles. The average molecular weight is 189 g/mol. The molecule has 0 spiro atoms. The number of hydrogen-bond donors (Lipinski definition) is 1. The van der Waals surface area contributed by atoms with Crippen molar-refractivity contribution in [3.8, 4) is 0 Å². The fourth-order valence-corrected chi connectivity index (χ4v) is 1.58. The second-order valence-electron chi connectivity index (χ2n) is 3.69. The molecular formula is C12H15NO. The van der Waals surface area contributed by atoms with Crippen LogP contribution in [0.4, 0.5) is 0 Å². The molecule has 0 radical (unpaired) electrons. The molecule has 1 atom stereocenters. The van der Waals surface area contributed by atoms with Gasteiger partial charge in [-0.15, -0.1) is 0 Å². The van der Waals surface area contributed by atoms with E-state index < -0.39 is 0 Å². The molecule has 0 aliphatic rings. The van der Waals surface area contributed by atoms with Crippen molar-refractivity contribution in [1.29, 1.82) is 0 Å². The van der Waals surface area contributed by atoms with E-state index in [1.807, 2.05) is 13.1 Å². The molecule has 2 rings (SSSR count). The van der Waals surface area contributed by atoms with Crippen LogP contribution >= 0.6 is 0 Å². The molecule has 1 aromatic carbocycles. The van der Waals surface area contributed by atoms with E-state index in [9.17, 15) is 0 Å². The molecule has 0 bridgehead atoms. The zero-order valence-electron chi connectivity index (χ0n) is 8.58. The van der Waals surface area contributed by atoms with Crippen molar-refractivity contribution in [3.05, 3.63) is 36.1 Å². The molecule has 0 amide bonds. The van der Waals surface area contributed by atoms with Gasteiger partial charge < -0.3 is 9.73 Å². The summed E-state index contributed by atoms with van der Waals surface area (Å²) < 4.78 is 5.35. The SMILES string of the molecule is CN[C@@H](C)Cc1ccc2ccoc2c1. The van der Waals surface area contributed by atoms with Gasteiger partial charge in [-0.1, -0.05) is 12.1 Å². The van der Waals surface area contributed by atoms with E-state index in [1.54, 1.807) is 6.26 Å².